The summed E-state index contributed by atoms with van der Waals surface area (Å²) in [6, 6.07) is 15.7. The van der Waals surface area contributed by atoms with Crippen molar-refractivity contribution in [1.82, 2.24) is 4.90 Å². The molecule has 0 N–H and O–H groups in total. The molecule has 2 fully saturated rings. The summed E-state index contributed by atoms with van der Waals surface area (Å²) in [5, 5.41) is 0. The van der Waals surface area contributed by atoms with Crippen molar-refractivity contribution >= 4 is 21.6 Å². The highest BCUT2D eigenvalue weighted by atomic mass is 32.2. The molecule has 1 saturated heterocycles. The van der Waals surface area contributed by atoms with Gasteiger partial charge in [-0.05, 0) is 61.3 Å². The molecule has 6 heteroatoms. The molecule has 158 valence electrons. The van der Waals surface area contributed by atoms with Gasteiger partial charge in [0.2, 0.25) is 15.9 Å². The molecule has 0 atom stereocenters. The number of nitrogens with zero attached hydrogens (tertiary/aromatic N) is 2. The third-order valence-electron chi connectivity index (χ3n) is 7.10. The van der Waals surface area contributed by atoms with Crippen molar-refractivity contribution < 1.29 is 13.2 Å². The summed E-state index contributed by atoms with van der Waals surface area (Å²) < 4.78 is 28.2. The van der Waals surface area contributed by atoms with Crippen LogP contribution in [-0.2, 0) is 26.0 Å². The number of piperidine rings is 1. The summed E-state index contributed by atoms with van der Waals surface area (Å²) in [6.45, 7) is 3.58. The van der Waals surface area contributed by atoms with Gasteiger partial charge in [-0.3, -0.25) is 9.10 Å². The van der Waals surface area contributed by atoms with Gasteiger partial charge < -0.3 is 4.90 Å². The molecule has 0 unspecified atom stereocenters. The second-order valence-corrected chi connectivity index (χ2v) is 11.1. The number of hydrogen-bond donors (Lipinski definition) is 0. The third-order valence-corrected chi connectivity index (χ3v) is 9.64. The molecule has 5 rings (SSSR count). The van der Waals surface area contributed by atoms with Gasteiger partial charge in [0.1, 0.15) is 4.75 Å². The first-order valence-electron chi connectivity index (χ1n) is 10.9. The molecular weight excluding hydrogens is 396 g/mol. The van der Waals surface area contributed by atoms with Crippen LogP contribution in [0.25, 0.3) is 0 Å². The Hall–Kier alpha value is -2.34. The smallest absolute Gasteiger partial charge is 0.245 e. The fourth-order valence-electron chi connectivity index (χ4n) is 5.01. The van der Waals surface area contributed by atoms with Gasteiger partial charge >= 0.3 is 0 Å². The highest BCUT2D eigenvalue weighted by Gasteiger charge is 2.57. The van der Waals surface area contributed by atoms with Crippen molar-refractivity contribution in [1.29, 1.82) is 0 Å². The average Bonchev–Trinajstić information content (AvgIpc) is 3.55. The van der Waals surface area contributed by atoms with Crippen LogP contribution in [0, 0.1) is 12.8 Å². The molecule has 2 aromatic rings. The Morgan fingerprint density at radius 1 is 1.03 bits per heavy atom. The van der Waals surface area contributed by atoms with E-state index in [1.54, 1.807) is 4.31 Å². The fraction of sp³-hybridized carbons (Fsp3) is 0.458. The van der Waals surface area contributed by atoms with Gasteiger partial charge in [-0.15, -0.1) is 0 Å². The van der Waals surface area contributed by atoms with Gasteiger partial charge in [0.15, 0.2) is 0 Å². The van der Waals surface area contributed by atoms with E-state index in [0.29, 0.717) is 44.8 Å². The maximum absolute atomic E-state index is 13.7. The minimum Gasteiger partial charge on any atom is -0.342 e. The number of sulfonamides is 1. The van der Waals surface area contributed by atoms with Gasteiger partial charge in [-0.2, -0.15) is 0 Å². The van der Waals surface area contributed by atoms with E-state index in [1.165, 1.54) is 0 Å². The van der Waals surface area contributed by atoms with Crippen LogP contribution in [0.5, 0.6) is 0 Å². The van der Waals surface area contributed by atoms with Crippen LogP contribution < -0.4 is 4.31 Å². The number of para-hydroxylation sites is 1. The molecule has 0 bridgehead atoms. The van der Waals surface area contributed by atoms with E-state index in [0.717, 1.165) is 35.2 Å². The number of fused-ring (bicyclic) bond motifs is 2. The lowest BCUT2D eigenvalue weighted by atomic mass is 9.87. The predicted octanol–water partition coefficient (Wildman–Crippen LogP) is 3.62. The number of amides is 1. The van der Waals surface area contributed by atoms with E-state index < -0.39 is 14.8 Å². The largest absolute Gasteiger partial charge is 0.342 e. The number of carbonyl (C=O) groups is 1. The van der Waals surface area contributed by atoms with E-state index in [-0.39, 0.29) is 5.91 Å². The second kappa shape index (κ2) is 7.12. The van der Waals surface area contributed by atoms with Crippen LogP contribution in [-0.4, -0.2) is 38.9 Å². The maximum atomic E-state index is 13.7. The number of hydrogen-bond acceptors (Lipinski definition) is 3. The average molecular weight is 425 g/mol. The lowest BCUT2D eigenvalue weighted by Crippen LogP contribution is -2.50. The van der Waals surface area contributed by atoms with Crippen molar-refractivity contribution in [3.63, 3.8) is 0 Å². The standard InChI is InChI=1S/C24H28N2O3S/c1-18-6-2-3-7-20(18)16-23(27)25-14-12-24(13-15-25)21-8-4-5-9-22(21)26(30(24,28)29)17-19-10-11-19/h2-9,19H,10-17H2,1H3. The Bertz CT molecular complexity index is 1080. The predicted molar refractivity (Wildman–Crippen MR) is 118 cm³/mol. The molecule has 1 amide bonds. The molecule has 2 aromatic carbocycles. The Morgan fingerprint density at radius 2 is 1.70 bits per heavy atom. The van der Waals surface area contributed by atoms with Gasteiger partial charge in [0, 0.05) is 19.6 Å². The lowest BCUT2D eigenvalue weighted by molar-refractivity contribution is -0.131. The SMILES string of the molecule is Cc1ccccc1CC(=O)N1CCC2(CC1)c1ccccc1N(CC1CC1)S2(=O)=O. The Kier molecular flexibility index (Phi) is 4.65. The van der Waals surface area contributed by atoms with Crippen molar-refractivity contribution in [2.45, 2.75) is 43.8 Å². The summed E-state index contributed by atoms with van der Waals surface area (Å²) in [5.41, 5.74) is 3.93. The van der Waals surface area contributed by atoms with Gasteiger partial charge in [-0.1, -0.05) is 42.5 Å². The van der Waals surface area contributed by atoms with Crippen LogP contribution in [0.1, 0.15) is 42.4 Å². The van der Waals surface area contributed by atoms with Crippen LogP contribution in [0.4, 0.5) is 5.69 Å². The van der Waals surface area contributed by atoms with Gasteiger partial charge in [-0.25, -0.2) is 8.42 Å². The number of carbonyl (C=O) groups excluding carboxylic acids is 1. The van der Waals surface area contributed by atoms with Crippen molar-refractivity contribution in [3.8, 4) is 0 Å². The van der Waals surface area contributed by atoms with Crippen molar-refractivity contribution in [3.05, 3.63) is 65.2 Å². The Morgan fingerprint density at radius 3 is 2.40 bits per heavy atom. The van der Waals surface area contributed by atoms with Crippen LogP contribution in [0.3, 0.4) is 0 Å². The minimum absolute atomic E-state index is 0.0812. The molecule has 1 spiro atoms. The number of likely N-dealkylation sites (tertiary alicyclic amines) is 1. The summed E-state index contributed by atoms with van der Waals surface area (Å²) in [5.74, 6) is 0.566. The number of aryl methyl sites for hydroxylation is 1. The van der Waals surface area contributed by atoms with E-state index in [1.807, 2.05) is 60.4 Å². The fourth-order valence-corrected chi connectivity index (χ4v) is 7.41. The van der Waals surface area contributed by atoms with Gasteiger partial charge in [0.25, 0.3) is 0 Å². The van der Waals surface area contributed by atoms with Crippen LogP contribution >= 0.6 is 0 Å². The molecule has 30 heavy (non-hydrogen) atoms. The van der Waals surface area contributed by atoms with Crippen molar-refractivity contribution in [2.24, 2.45) is 5.92 Å². The molecule has 2 aliphatic heterocycles. The first-order chi connectivity index (χ1) is 14.4. The molecule has 2 heterocycles. The first kappa shape index (κ1) is 19.6. The van der Waals surface area contributed by atoms with Gasteiger partial charge in [0.05, 0.1) is 12.1 Å². The van der Waals surface area contributed by atoms with Crippen molar-refractivity contribution in [2.75, 3.05) is 23.9 Å². The first-order valence-corrected chi connectivity index (χ1v) is 12.3. The normalized spacial score (nSPS) is 21.6. The zero-order chi connectivity index (χ0) is 20.9. The Balaban J connectivity index is 1.38. The van der Waals surface area contributed by atoms with E-state index in [2.05, 4.69) is 0 Å². The molecule has 1 saturated carbocycles. The summed E-state index contributed by atoms with van der Waals surface area (Å²) in [6.07, 6.45) is 3.53. The lowest BCUT2D eigenvalue weighted by Gasteiger charge is -2.39. The molecule has 1 aliphatic carbocycles. The topological polar surface area (TPSA) is 57.7 Å². The highest BCUT2D eigenvalue weighted by Crippen LogP contribution is 2.53. The number of benzene rings is 2. The van der Waals surface area contributed by atoms with Crippen LogP contribution in [0.2, 0.25) is 0 Å². The quantitative estimate of drug-likeness (QED) is 0.753. The third kappa shape index (κ3) is 3.04. The maximum Gasteiger partial charge on any atom is 0.245 e. The second-order valence-electron chi connectivity index (χ2n) is 8.98. The van der Waals surface area contributed by atoms with E-state index in [9.17, 15) is 13.2 Å². The molecule has 0 aromatic heterocycles. The van der Waals surface area contributed by atoms with E-state index in [4.69, 9.17) is 0 Å². The molecule has 0 radical (unpaired) electrons. The molecule has 5 nitrogen and oxygen atoms in total. The monoisotopic (exact) mass is 424 g/mol. The molecule has 3 aliphatic rings. The summed E-state index contributed by atoms with van der Waals surface area (Å²) in [4.78, 5) is 14.8. The molecular formula is C24H28N2O3S. The Labute approximate surface area is 178 Å². The summed E-state index contributed by atoms with van der Waals surface area (Å²) >= 11 is 0. The highest BCUT2D eigenvalue weighted by molar-refractivity contribution is 7.94. The minimum atomic E-state index is -3.48. The number of anilines is 1. The van der Waals surface area contributed by atoms with Crippen LogP contribution in [0.15, 0.2) is 48.5 Å². The summed E-state index contributed by atoms with van der Waals surface area (Å²) in [7, 11) is -3.48. The van der Waals surface area contributed by atoms with E-state index >= 15 is 0 Å². The zero-order valence-electron chi connectivity index (χ0n) is 17.4. The number of rotatable bonds is 4. The zero-order valence-corrected chi connectivity index (χ0v) is 18.2.